The second kappa shape index (κ2) is 21.7. The molecule has 0 fully saturated rings. The molecule has 0 aromatic carbocycles. The fourth-order valence-electron chi connectivity index (χ4n) is 3.62. The average molecular weight is 445 g/mol. The number of aliphatic hydroxyl groups excluding tert-OH is 1. The molecule has 0 saturated heterocycles. The Labute approximate surface area is 218 Å². The first-order valence-electron chi connectivity index (χ1n) is 11.5. The number of unbranched alkanes of at least 4 members (excludes halogenated alkanes) is 12. The molecule has 0 saturated carbocycles. The molecular formula is C22H45KO4S. The van der Waals surface area contributed by atoms with Gasteiger partial charge in [-0.05, 0) is 25.7 Å². The molecule has 0 aromatic rings. The van der Waals surface area contributed by atoms with Crippen LogP contribution in [0, 0.1) is 0 Å². The van der Waals surface area contributed by atoms with Crippen molar-refractivity contribution in [3.63, 3.8) is 0 Å². The molecule has 0 rings (SSSR count). The van der Waals surface area contributed by atoms with Crippen molar-refractivity contribution in [2.75, 3.05) is 0 Å². The van der Waals surface area contributed by atoms with E-state index in [-0.39, 0.29) is 51.4 Å². The van der Waals surface area contributed by atoms with Gasteiger partial charge in [0.1, 0.15) is 0 Å². The van der Waals surface area contributed by atoms with Crippen LogP contribution in [0.1, 0.15) is 129 Å². The monoisotopic (exact) mass is 444 g/mol. The van der Waals surface area contributed by atoms with Crippen LogP contribution in [0.4, 0.5) is 0 Å². The van der Waals surface area contributed by atoms with Gasteiger partial charge in [0.15, 0.2) is 0 Å². The van der Waals surface area contributed by atoms with Gasteiger partial charge in [-0.15, -0.1) is 0 Å². The molecule has 2 unspecified atom stereocenters. The maximum absolute atomic E-state index is 11.5. The number of aliphatic hydroxyl groups is 1. The normalized spacial score (nSPS) is 13.9. The minimum Gasteiger partial charge on any atom is -0.748 e. The minimum atomic E-state index is -4.26. The standard InChI is InChI=1S/C22H46O4S.K/c1-3-5-7-9-10-11-12-14-15-17-21(23)19-20-22(27(24,25)26)18-16-13-8-6-4-2;/h21-23H,3-20H2,1-2H3,(H,24,25,26);/q;+1/p-1. The molecule has 0 radical (unpaired) electrons. The summed E-state index contributed by atoms with van der Waals surface area (Å²) in [5.41, 5.74) is 0. The van der Waals surface area contributed by atoms with Crippen LogP contribution in [-0.4, -0.2) is 29.4 Å². The van der Waals surface area contributed by atoms with E-state index >= 15 is 0 Å². The Morgan fingerprint density at radius 2 is 1.04 bits per heavy atom. The summed E-state index contributed by atoms with van der Waals surface area (Å²) < 4.78 is 34.4. The quantitative estimate of drug-likeness (QED) is 0.177. The van der Waals surface area contributed by atoms with E-state index in [0.717, 1.165) is 51.4 Å². The summed E-state index contributed by atoms with van der Waals surface area (Å²) in [6.07, 6.45) is 17.8. The van der Waals surface area contributed by atoms with E-state index in [1.54, 1.807) is 0 Å². The molecule has 6 heteroatoms. The van der Waals surface area contributed by atoms with Gasteiger partial charge < -0.3 is 9.66 Å². The Bertz CT molecular complexity index is 415. The van der Waals surface area contributed by atoms with E-state index in [1.165, 1.54) is 44.9 Å². The zero-order valence-corrected chi connectivity index (χ0v) is 22.9. The summed E-state index contributed by atoms with van der Waals surface area (Å²) in [6, 6.07) is 0. The van der Waals surface area contributed by atoms with Crippen LogP contribution in [0.15, 0.2) is 0 Å². The van der Waals surface area contributed by atoms with Crippen molar-refractivity contribution in [3.05, 3.63) is 0 Å². The molecule has 4 nitrogen and oxygen atoms in total. The van der Waals surface area contributed by atoms with E-state index in [1.807, 2.05) is 0 Å². The van der Waals surface area contributed by atoms with Gasteiger partial charge in [0.05, 0.1) is 16.2 Å². The van der Waals surface area contributed by atoms with Gasteiger partial charge in [0, 0.05) is 5.25 Å². The Balaban J connectivity index is 0. The fraction of sp³-hybridized carbons (Fsp3) is 1.00. The Kier molecular flexibility index (Phi) is 24.6. The predicted octanol–water partition coefficient (Wildman–Crippen LogP) is 3.33. The van der Waals surface area contributed by atoms with Crippen LogP contribution in [0.25, 0.3) is 0 Å². The SMILES string of the molecule is CCCCCCCCCCCC(O)CCC(CCCCCCC)S(=O)(=O)[O-].[K+]. The molecule has 164 valence electrons. The first-order valence-corrected chi connectivity index (χ1v) is 13.0. The molecule has 0 aliphatic heterocycles. The van der Waals surface area contributed by atoms with Gasteiger partial charge in [-0.2, -0.15) is 0 Å². The molecular weight excluding hydrogens is 399 g/mol. The van der Waals surface area contributed by atoms with Crippen molar-refractivity contribution < 1.29 is 69.5 Å². The van der Waals surface area contributed by atoms with Gasteiger partial charge >= 0.3 is 51.4 Å². The maximum atomic E-state index is 11.5. The first kappa shape index (κ1) is 31.7. The zero-order chi connectivity index (χ0) is 20.4. The van der Waals surface area contributed by atoms with Crippen molar-refractivity contribution >= 4 is 10.1 Å². The molecule has 0 aliphatic rings. The van der Waals surface area contributed by atoms with Crippen molar-refractivity contribution in [3.8, 4) is 0 Å². The molecule has 0 heterocycles. The van der Waals surface area contributed by atoms with Crippen molar-refractivity contribution in [1.82, 2.24) is 0 Å². The second-order valence-electron chi connectivity index (χ2n) is 8.17. The van der Waals surface area contributed by atoms with Crippen molar-refractivity contribution in [2.45, 2.75) is 141 Å². The molecule has 0 aliphatic carbocycles. The summed E-state index contributed by atoms with van der Waals surface area (Å²) in [5.74, 6) is 0. The summed E-state index contributed by atoms with van der Waals surface area (Å²) >= 11 is 0. The maximum Gasteiger partial charge on any atom is 1.00 e. The van der Waals surface area contributed by atoms with Crippen LogP contribution in [0.2, 0.25) is 0 Å². The van der Waals surface area contributed by atoms with Gasteiger partial charge in [-0.25, -0.2) is 8.42 Å². The number of hydrogen-bond donors (Lipinski definition) is 1. The summed E-state index contributed by atoms with van der Waals surface area (Å²) in [4.78, 5) is 0. The van der Waals surface area contributed by atoms with Crippen molar-refractivity contribution in [1.29, 1.82) is 0 Å². The smallest absolute Gasteiger partial charge is 0.748 e. The minimum absolute atomic E-state index is 0. The fourth-order valence-corrected chi connectivity index (χ4v) is 4.50. The van der Waals surface area contributed by atoms with E-state index in [4.69, 9.17) is 0 Å². The first-order chi connectivity index (χ1) is 12.9. The predicted molar refractivity (Wildman–Crippen MR) is 114 cm³/mol. The Morgan fingerprint density at radius 1 is 0.643 bits per heavy atom. The van der Waals surface area contributed by atoms with Crippen molar-refractivity contribution in [2.24, 2.45) is 0 Å². The molecule has 0 amide bonds. The van der Waals surface area contributed by atoms with E-state index in [0.29, 0.717) is 19.3 Å². The van der Waals surface area contributed by atoms with Crippen LogP contribution < -0.4 is 51.4 Å². The third kappa shape index (κ3) is 20.8. The van der Waals surface area contributed by atoms with Gasteiger partial charge in [-0.1, -0.05) is 104 Å². The van der Waals surface area contributed by atoms with Crippen LogP contribution in [0.5, 0.6) is 0 Å². The van der Waals surface area contributed by atoms with E-state index < -0.39 is 21.5 Å². The van der Waals surface area contributed by atoms with E-state index in [2.05, 4.69) is 13.8 Å². The third-order valence-corrected chi connectivity index (χ3v) is 6.79. The van der Waals surface area contributed by atoms with Crippen LogP contribution in [0.3, 0.4) is 0 Å². The van der Waals surface area contributed by atoms with Gasteiger partial charge in [0.25, 0.3) is 0 Å². The largest absolute Gasteiger partial charge is 1.00 e. The number of rotatable bonds is 20. The van der Waals surface area contributed by atoms with Crippen LogP contribution >= 0.6 is 0 Å². The zero-order valence-electron chi connectivity index (χ0n) is 19.0. The summed E-state index contributed by atoms with van der Waals surface area (Å²) in [7, 11) is -4.26. The average Bonchev–Trinajstić information content (AvgIpc) is 2.61. The van der Waals surface area contributed by atoms with Crippen LogP contribution in [-0.2, 0) is 10.1 Å². The molecule has 28 heavy (non-hydrogen) atoms. The molecule has 1 N–H and O–H groups in total. The van der Waals surface area contributed by atoms with Gasteiger partial charge in [-0.3, -0.25) is 0 Å². The Hall–Kier alpha value is 1.51. The molecule has 2 atom stereocenters. The summed E-state index contributed by atoms with van der Waals surface area (Å²) in [5, 5.41) is 9.29. The number of hydrogen-bond acceptors (Lipinski definition) is 4. The summed E-state index contributed by atoms with van der Waals surface area (Å²) in [6.45, 7) is 4.37. The van der Waals surface area contributed by atoms with E-state index in [9.17, 15) is 18.1 Å². The Morgan fingerprint density at radius 3 is 1.46 bits per heavy atom. The molecule has 0 spiro atoms. The van der Waals surface area contributed by atoms with Gasteiger partial charge in [0.2, 0.25) is 0 Å². The molecule has 0 bridgehead atoms. The topological polar surface area (TPSA) is 77.4 Å². The third-order valence-electron chi connectivity index (χ3n) is 5.50. The second-order valence-corrected chi connectivity index (χ2v) is 9.82. The molecule has 0 aromatic heterocycles.